The van der Waals surface area contributed by atoms with Gasteiger partial charge in [-0.2, -0.15) is 0 Å². The molecular weight excluding hydrogens is 368 g/mol. The third-order valence-corrected chi connectivity index (χ3v) is 5.49. The summed E-state index contributed by atoms with van der Waals surface area (Å²) in [4.78, 5) is 12.4. The predicted octanol–water partition coefficient (Wildman–Crippen LogP) is 2.00. The Morgan fingerprint density at radius 1 is 1.32 bits per heavy atom. The maximum absolute atomic E-state index is 12.4. The van der Waals surface area contributed by atoms with Crippen molar-refractivity contribution >= 4 is 33.5 Å². The van der Waals surface area contributed by atoms with Crippen molar-refractivity contribution in [2.24, 2.45) is 5.92 Å². The molecule has 1 aliphatic rings. The van der Waals surface area contributed by atoms with E-state index in [1.54, 1.807) is 24.3 Å². The number of hydrogen-bond acceptors (Lipinski definition) is 6. The molecule has 0 radical (unpaired) electrons. The summed E-state index contributed by atoms with van der Waals surface area (Å²) in [5, 5.41) is 10.8. The highest BCUT2D eigenvalue weighted by Crippen LogP contribution is 2.23. The fraction of sp³-hybridized carbons (Fsp3) is 0.400. The zero-order chi connectivity index (χ0) is 18.0. The molecule has 1 atom stereocenters. The number of halogens is 1. The minimum Gasteiger partial charge on any atom is -0.403 e. The SMILES string of the molecule is CS(=O)(=O)N1CCC[C@@H](C(=O)Nc2nnc(-c3ccc(Cl)cc3)o2)C1. The standard InChI is InChI=1S/C15H17ClN4O4S/c1-25(22,23)20-8-2-3-11(9-20)13(21)17-15-19-18-14(24-15)10-4-6-12(16)7-5-10/h4-7,11H,2-3,8-9H2,1H3,(H,17,19,21)/t11-/m1/s1. The maximum Gasteiger partial charge on any atom is 0.322 e. The number of rotatable bonds is 4. The fourth-order valence-corrected chi connectivity index (χ4v) is 3.69. The lowest BCUT2D eigenvalue weighted by atomic mass is 9.99. The first-order valence-corrected chi connectivity index (χ1v) is 9.91. The van der Waals surface area contributed by atoms with E-state index in [2.05, 4.69) is 15.5 Å². The van der Waals surface area contributed by atoms with Crippen LogP contribution in [0.4, 0.5) is 6.01 Å². The predicted molar refractivity (Wildman–Crippen MR) is 92.5 cm³/mol. The average Bonchev–Trinajstić information content (AvgIpc) is 3.03. The number of carbonyl (C=O) groups excluding carboxylic acids is 1. The van der Waals surface area contributed by atoms with Gasteiger partial charge < -0.3 is 4.42 Å². The van der Waals surface area contributed by atoms with Gasteiger partial charge in [0.25, 0.3) is 0 Å². The largest absolute Gasteiger partial charge is 0.403 e. The molecular formula is C15H17ClN4O4S. The molecule has 1 amide bonds. The molecule has 3 rings (SSSR count). The first kappa shape index (κ1) is 17.8. The molecule has 1 aromatic heterocycles. The van der Waals surface area contributed by atoms with Crippen LogP contribution >= 0.6 is 11.6 Å². The van der Waals surface area contributed by atoms with Gasteiger partial charge in [-0.3, -0.25) is 10.1 Å². The second kappa shape index (κ2) is 7.11. The van der Waals surface area contributed by atoms with E-state index in [-0.39, 0.29) is 24.4 Å². The van der Waals surface area contributed by atoms with Gasteiger partial charge in [-0.1, -0.05) is 16.7 Å². The molecule has 25 heavy (non-hydrogen) atoms. The molecule has 0 aliphatic carbocycles. The molecule has 2 aromatic rings. The van der Waals surface area contributed by atoms with Gasteiger partial charge in [0, 0.05) is 23.7 Å². The van der Waals surface area contributed by atoms with Crippen LogP contribution in [0.1, 0.15) is 12.8 Å². The lowest BCUT2D eigenvalue weighted by molar-refractivity contribution is -0.121. The molecule has 0 unspecified atom stereocenters. The zero-order valence-electron chi connectivity index (χ0n) is 13.5. The molecule has 0 spiro atoms. The number of benzene rings is 1. The molecule has 0 bridgehead atoms. The second-order valence-electron chi connectivity index (χ2n) is 5.87. The highest BCUT2D eigenvalue weighted by Gasteiger charge is 2.30. The normalized spacial score (nSPS) is 18.9. The summed E-state index contributed by atoms with van der Waals surface area (Å²) in [6, 6.07) is 6.83. The van der Waals surface area contributed by atoms with Gasteiger partial charge in [0.2, 0.25) is 21.8 Å². The molecule has 2 heterocycles. The molecule has 134 valence electrons. The van der Waals surface area contributed by atoms with Crippen molar-refractivity contribution < 1.29 is 17.6 Å². The third-order valence-electron chi connectivity index (χ3n) is 3.97. The van der Waals surface area contributed by atoms with Crippen LogP contribution in [-0.2, 0) is 14.8 Å². The third kappa shape index (κ3) is 4.36. The van der Waals surface area contributed by atoms with Crippen LogP contribution in [0.15, 0.2) is 28.7 Å². The Labute approximate surface area is 150 Å². The first-order valence-electron chi connectivity index (χ1n) is 7.68. The summed E-state index contributed by atoms with van der Waals surface area (Å²) in [5.74, 6) is -0.526. The van der Waals surface area contributed by atoms with Gasteiger partial charge >= 0.3 is 6.01 Å². The zero-order valence-corrected chi connectivity index (χ0v) is 15.0. The molecule has 1 fully saturated rings. The van der Waals surface area contributed by atoms with Crippen molar-refractivity contribution in [2.75, 3.05) is 24.7 Å². The van der Waals surface area contributed by atoms with Crippen molar-refractivity contribution in [1.29, 1.82) is 0 Å². The Bertz CT molecular complexity index is 866. The van der Waals surface area contributed by atoms with Gasteiger partial charge in [0.1, 0.15) is 0 Å². The van der Waals surface area contributed by atoms with E-state index in [1.807, 2.05) is 0 Å². The summed E-state index contributed by atoms with van der Waals surface area (Å²) in [7, 11) is -3.31. The van der Waals surface area contributed by atoms with Crippen molar-refractivity contribution in [3.63, 3.8) is 0 Å². The number of carbonyl (C=O) groups is 1. The maximum atomic E-state index is 12.4. The Hall–Kier alpha value is -1.97. The smallest absolute Gasteiger partial charge is 0.322 e. The number of aromatic nitrogens is 2. The molecule has 1 aliphatic heterocycles. The van der Waals surface area contributed by atoms with Gasteiger partial charge in [-0.25, -0.2) is 12.7 Å². The fourth-order valence-electron chi connectivity index (χ4n) is 2.65. The van der Waals surface area contributed by atoms with E-state index in [9.17, 15) is 13.2 Å². The monoisotopic (exact) mass is 384 g/mol. The van der Waals surface area contributed by atoms with Crippen molar-refractivity contribution in [1.82, 2.24) is 14.5 Å². The van der Waals surface area contributed by atoms with Crippen LogP contribution in [0, 0.1) is 5.92 Å². The minimum absolute atomic E-state index is 0.0218. The molecule has 0 saturated carbocycles. The number of hydrogen-bond donors (Lipinski definition) is 1. The van der Waals surface area contributed by atoms with E-state index in [4.69, 9.17) is 16.0 Å². The lowest BCUT2D eigenvalue weighted by Crippen LogP contribution is -2.43. The van der Waals surface area contributed by atoms with Gasteiger partial charge in [-0.15, -0.1) is 5.10 Å². The second-order valence-corrected chi connectivity index (χ2v) is 8.29. The van der Waals surface area contributed by atoms with E-state index >= 15 is 0 Å². The van der Waals surface area contributed by atoms with Crippen LogP contribution in [0.2, 0.25) is 5.02 Å². The molecule has 1 saturated heterocycles. The molecule has 8 nitrogen and oxygen atoms in total. The average molecular weight is 385 g/mol. The summed E-state index contributed by atoms with van der Waals surface area (Å²) < 4.78 is 30.0. The van der Waals surface area contributed by atoms with E-state index in [0.29, 0.717) is 30.0 Å². The Kier molecular flexibility index (Phi) is 5.07. The number of sulfonamides is 1. The summed E-state index contributed by atoms with van der Waals surface area (Å²) in [6.07, 6.45) is 2.38. The van der Waals surface area contributed by atoms with Crippen LogP contribution in [0.5, 0.6) is 0 Å². The highest BCUT2D eigenvalue weighted by atomic mass is 35.5. The first-order chi connectivity index (χ1) is 11.8. The van der Waals surface area contributed by atoms with E-state index in [0.717, 1.165) is 6.26 Å². The number of nitrogens with one attached hydrogen (secondary N) is 1. The molecule has 10 heteroatoms. The van der Waals surface area contributed by atoms with Gasteiger partial charge in [-0.05, 0) is 37.1 Å². The van der Waals surface area contributed by atoms with Crippen molar-refractivity contribution in [2.45, 2.75) is 12.8 Å². The van der Waals surface area contributed by atoms with E-state index < -0.39 is 15.9 Å². The Balaban J connectivity index is 1.66. The molecule has 1 aromatic carbocycles. The van der Waals surface area contributed by atoms with Crippen molar-refractivity contribution in [3.8, 4) is 11.5 Å². The van der Waals surface area contributed by atoms with Crippen LogP contribution in [0.25, 0.3) is 11.5 Å². The topological polar surface area (TPSA) is 105 Å². The number of amides is 1. The summed E-state index contributed by atoms with van der Waals surface area (Å²) >= 11 is 5.83. The Morgan fingerprint density at radius 2 is 2.04 bits per heavy atom. The van der Waals surface area contributed by atoms with Crippen LogP contribution in [0.3, 0.4) is 0 Å². The number of piperidine rings is 1. The van der Waals surface area contributed by atoms with Gasteiger partial charge in [0.15, 0.2) is 0 Å². The summed E-state index contributed by atoms with van der Waals surface area (Å²) in [5.41, 5.74) is 0.679. The van der Waals surface area contributed by atoms with Crippen LogP contribution in [-0.4, -0.2) is 48.2 Å². The quantitative estimate of drug-likeness (QED) is 0.864. The number of anilines is 1. The number of nitrogens with zero attached hydrogens (tertiary/aromatic N) is 3. The minimum atomic E-state index is -3.31. The van der Waals surface area contributed by atoms with Crippen LogP contribution < -0.4 is 5.32 Å². The summed E-state index contributed by atoms with van der Waals surface area (Å²) in [6.45, 7) is 0.590. The van der Waals surface area contributed by atoms with Crippen molar-refractivity contribution in [3.05, 3.63) is 29.3 Å². The molecule has 1 N–H and O–H groups in total. The highest BCUT2D eigenvalue weighted by molar-refractivity contribution is 7.88. The lowest BCUT2D eigenvalue weighted by Gasteiger charge is -2.29. The Morgan fingerprint density at radius 3 is 2.72 bits per heavy atom. The van der Waals surface area contributed by atoms with Gasteiger partial charge in [0.05, 0.1) is 12.2 Å². The van der Waals surface area contributed by atoms with E-state index in [1.165, 1.54) is 4.31 Å².